The van der Waals surface area contributed by atoms with Gasteiger partial charge >= 0.3 is 0 Å². The number of rotatable bonds is 2. The highest BCUT2D eigenvalue weighted by molar-refractivity contribution is 14.1. The number of ether oxygens (including phenoxy) is 1. The van der Waals surface area contributed by atoms with E-state index in [1.165, 1.54) is 0 Å². The molecule has 0 amide bonds. The Bertz CT molecular complexity index is 664. The number of pyridine rings is 1. The van der Waals surface area contributed by atoms with E-state index >= 15 is 0 Å². The fourth-order valence-electron chi connectivity index (χ4n) is 2.36. The van der Waals surface area contributed by atoms with E-state index in [1.807, 2.05) is 0 Å². The minimum Gasteiger partial charge on any atom is -0.394 e. The molecule has 3 heterocycles. The highest BCUT2D eigenvalue weighted by atomic mass is 127. The third kappa shape index (κ3) is 2.53. The molecule has 3 atom stereocenters. The Balaban J connectivity index is 2.11. The van der Waals surface area contributed by atoms with Crippen LogP contribution in [0.15, 0.2) is 12.3 Å². The van der Waals surface area contributed by atoms with E-state index in [2.05, 4.69) is 27.6 Å². The molecule has 0 spiro atoms. The number of aliphatic hydroxyl groups is 1. The molecule has 8 heteroatoms. The summed E-state index contributed by atoms with van der Waals surface area (Å²) in [6, 6.07) is 1.67. The van der Waals surface area contributed by atoms with Crippen LogP contribution in [0.4, 0.5) is 0 Å². The van der Waals surface area contributed by atoms with Gasteiger partial charge in [0.25, 0.3) is 0 Å². The molecule has 1 fully saturated rings. The lowest BCUT2D eigenvalue weighted by atomic mass is 10.1. The number of alkyl halides is 1. The van der Waals surface area contributed by atoms with Crippen molar-refractivity contribution in [1.82, 2.24) is 9.38 Å². The van der Waals surface area contributed by atoms with Gasteiger partial charge in [0.15, 0.2) is 5.15 Å². The average Bonchev–Trinajstić information content (AvgIpc) is 2.90. The maximum absolute atomic E-state index is 9.24. The Morgan fingerprint density at radius 2 is 2.15 bits per heavy atom. The molecule has 1 aliphatic heterocycles. The van der Waals surface area contributed by atoms with Crippen molar-refractivity contribution in [3.8, 4) is 0 Å². The topological polar surface area (TPSA) is 46.8 Å². The second-order valence-electron chi connectivity index (χ2n) is 4.60. The molecule has 0 radical (unpaired) electrons. The van der Waals surface area contributed by atoms with Crippen molar-refractivity contribution >= 4 is 63.0 Å². The molecule has 0 bridgehead atoms. The maximum atomic E-state index is 9.24. The highest BCUT2D eigenvalue weighted by Gasteiger charge is 2.37. The largest absolute Gasteiger partial charge is 0.394 e. The summed E-state index contributed by atoms with van der Waals surface area (Å²) in [4.78, 5) is 4.28. The number of aliphatic hydroxyl groups excluding tert-OH is 1. The summed E-state index contributed by atoms with van der Waals surface area (Å²) in [5.41, 5.74) is 1.37. The smallest absolute Gasteiger partial charge is 0.154 e. The van der Waals surface area contributed by atoms with E-state index in [-0.39, 0.29) is 22.7 Å². The van der Waals surface area contributed by atoms with Crippen molar-refractivity contribution < 1.29 is 9.84 Å². The van der Waals surface area contributed by atoms with Crippen LogP contribution < -0.4 is 0 Å². The first kappa shape index (κ1) is 15.1. The van der Waals surface area contributed by atoms with Crippen LogP contribution in [0.1, 0.15) is 18.2 Å². The van der Waals surface area contributed by atoms with E-state index < -0.39 is 0 Å². The molecule has 2 aromatic rings. The number of halogens is 4. The Kier molecular flexibility index (Phi) is 4.37. The zero-order chi connectivity index (χ0) is 14.4. The zero-order valence-corrected chi connectivity index (χ0v) is 14.5. The van der Waals surface area contributed by atoms with Crippen LogP contribution in [0.25, 0.3) is 5.65 Å². The minimum absolute atomic E-state index is 0.00303. The Hall–Kier alpha value is 0.210. The monoisotopic (exact) mass is 446 g/mol. The molecule has 0 unspecified atom stereocenters. The first-order chi connectivity index (χ1) is 9.51. The van der Waals surface area contributed by atoms with Gasteiger partial charge in [0.05, 0.1) is 28.5 Å². The van der Waals surface area contributed by atoms with Crippen LogP contribution in [-0.4, -0.2) is 31.1 Å². The lowest BCUT2D eigenvalue weighted by molar-refractivity contribution is 0.0102. The Labute approximate surface area is 144 Å². The number of hydrogen-bond acceptors (Lipinski definition) is 3. The second kappa shape index (κ2) is 5.78. The number of hydrogen-bond donors (Lipinski definition) is 1. The van der Waals surface area contributed by atoms with Gasteiger partial charge in [-0.05, 0) is 6.42 Å². The van der Waals surface area contributed by atoms with Gasteiger partial charge in [-0.3, -0.25) is 4.40 Å². The summed E-state index contributed by atoms with van der Waals surface area (Å²) in [5, 5.41) is 10.5. The van der Waals surface area contributed by atoms with E-state index in [4.69, 9.17) is 39.5 Å². The van der Waals surface area contributed by atoms with Crippen molar-refractivity contribution in [2.24, 2.45) is 0 Å². The molecule has 4 nitrogen and oxygen atoms in total. The zero-order valence-electron chi connectivity index (χ0n) is 10.1. The van der Waals surface area contributed by atoms with E-state index in [0.29, 0.717) is 20.8 Å². The number of nitrogens with zero attached hydrogens (tertiary/aromatic N) is 2. The summed E-state index contributed by atoms with van der Waals surface area (Å²) < 4.78 is 7.85. The molecule has 20 heavy (non-hydrogen) atoms. The summed E-state index contributed by atoms with van der Waals surface area (Å²) >= 11 is 20.6. The molecule has 3 rings (SSSR count). The van der Waals surface area contributed by atoms with Crippen LogP contribution in [0.5, 0.6) is 0 Å². The van der Waals surface area contributed by atoms with Gasteiger partial charge in [-0.25, -0.2) is 4.98 Å². The first-order valence-corrected chi connectivity index (χ1v) is 8.32. The molecule has 1 N–H and O–H groups in total. The summed E-state index contributed by atoms with van der Waals surface area (Å²) in [7, 11) is 0. The summed E-state index contributed by atoms with van der Waals surface area (Å²) in [5.74, 6) is 0. The van der Waals surface area contributed by atoms with E-state index in [0.717, 1.165) is 12.1 Å². The quantitative estimate of drug-likeness (QED) is 0.561. The molecule has 108 valence electrons. The molecule has 1 saturated heterocycles. The summed E-state index contributed by atoms with van der Waals surface area (Å²) in [6.45, 7) is -0.00303. The van der Waals surface area contributed by atoms with Crippen molar-refractivity contribution in [1.29, 1.82) is 0 Å². The van der Waals surface area contributed by atoms with Gasteiger partial charge in [-0.2, -0.15) is 0 Å². The Morgan fingerprint density at radius 1 is 1.40 bits per heavy atom. The van der Waals surface area contributed by atoms with Crippen molar-refractivity contribution in [2.75, 3.05) is 6.61 Å². The second-order valence-corrected chi connectivity index (χ2v) is 7.37. The van der Waals surface area contributed by atoms with Gasteiger partial charge in [-0.15, -0.1) is 0 Å². The summed E-state index contributed by atoms with van der Waals surface area (Å²) in [6.07, 6.45) is 2.05. The maximum Gasteiger partial charge on any atom is 0.154 e. The van der Waals surface area contributed by atoms with Gasteiger partial charge in [0.2, 0.25) is 0 Å². The van der Waals surface area contributed by atoms with Crippen LogP contribution >= 0.6 is 57.4 Å². The van der Waals surface area contributed by atoms with E-state index in [1.54, 1.807) is 16.7 Å². The first-order valence-electron chi connectivity index (χ1n) is 5.94. The van der Waals surface area contributed by atoms with E-state index in [9.17, 15) is 5.11 Å². The third-order valence-electron chi connectivity index (χ3n) is 3.29. The normalized spacial score (nSPS) is 26.6. The predicted octanol–water partition coefficient (Wildman–Crippen LogP) is 3.92. The highest BCUT2D eigenvalue weighted by Crippen LogP contribution is 2.41. The van der Waals surface area contributed by atoms with Crippen molar-refractivity contribution in [3.05, 3.63) is 33.2 Å². The predicted molar refractivity (Wildman–Crippen MR) is 87.3 cm³/mol. The SMILES string of the molecule is OC[C@@H]1C[C@H](I)[C@H](c2c(Cl)nc3cc(Cl)c(Cl)cn23)O1. The molecule has 2 aromatic heterocycles. The Morgan fingerprint density at radius 3 is 2.80 bits per heavy atom. The number of imidazole rings is 1. The van der Waals surface area contributed by atoms with Crippen LogP contribution in [0, 0.1) is 0 Å². The van der Waals surface area contributed by atoms with Gasteiger partial charge in [0, 0.05) is 16.2 Å². The van der Waals surface area contributed by atoms with Gasteiger partial charge in [0.1, 0.15) is 11.8 Å². The van der Waals surface area contributed by atoms with Gasteiger partial charge < -0.3 is 9.84 Å². The molecular weight excluding hydrogens is 437 g/mol. The number of aromatic nitrogens is 2. The van der Waals surface area contributed by atoms with Crippen LogP contribution in [-0.2, 0) is 4.74 Å². The minimum atomic E-state index is -0.229. The molecular formula is C12H10Cl3IN2O2. The molecule has 0 aromatic carbocycles. The van der Waals surface area contributed by atoms with Crippen molar-refractivity contribution in [3.63, 3.8) is 0 Å². The molecule has 1 aliphatic rings. The fraction of sp³-hybridized carbons (Fsp3) is 0.417. The standard InChI is InChI=1S/C12H10Cl3IN2O2/c13-6-2-9-17-12(15)10(18(9)3-7(6)14)11-8(16)1-5(4-19)20-11/h2-3,5,8,11,19H,1,4H2/t5-,8-,11+/m0/s1. The lowest BCUT2D eigenvalue weighted by Crippen LogP contribution is -2.12. The fourth-order valence-corrected chi connectivity index (χ4v) is 4.02. The molecule has 0 saturated carbocycles. The van der Waals surface area contributed by atoms with Gasteiger partial charge in [-0.1, -0.05) is 57.4 Å². The molecule has 0 aliphatic carbocycles. The average molecular weight is 447 g/mol. The number of fused-ring (bicyclic) bond motifs is 1. The third-order valence-corrected chi connectivity index (χ3v) is 5.44. The lowest BCUT2D eigenvalue weighted by Gasteiger charge is -2.15. The van der Waals surface area contributed by atoms with Crippen molar-refractivity contribution in [2.45, 2.75) is 22.6 Å². The van der Waals surface area contributed by atoms with Crippen LogP contribution in [0.3, 0.4) is 0 Å². The van der Waals surface area contributed by atoms with Crippen LogP contribution in [0.2, 0.25) is 15.2 Å².